The largest absolute Gasteiger partial charge is 0.389 e. The van der Waals surface area contributed by atoms with Gasteiger partial charge in [-0.2, -0.15) is 0 Å². The van der Waals surface area contributed by atoms with Crippen LogP contribution in [0, 0.1) is 5.41 Å². The van der Waals surface area contributed by atoms with E-state index in [4.69, 9.17) is 0 Å². The van der Waals surface area contributed by atoms with Crippen molar-refractivity contribution in [3.8, 4) is 0 Å². The van der Waals surface area contributed by atoms with Crippen molar-refractivity contribution >= 4 is 11.0 Å². The third-order valence-corrected chi connectivity index (χ3v) is 6.88. The fourth-order valence-electron chi connectivity index (χ4n) is 3.24. The Morgan fingerprint density at radius 1 is 1.21 bits per heavy atom. The zero-order valence-corrected chi connectivity index (χ0v) is 13.0. The SMILES string of the molecule is CCC1(CC)CCN(S(=O)C2C=CC(O)CC2)CC1. The van der Waals surface area contributed by atoms with Crippen LogP contribution in [0.3, 0.4) is 0 Å². The van der Waals surface area contributed by atoms with Crippen LogP contribution in [0.2, 0.25) is 0 Å². The van der Waals surface area contributed by atoms with Crippen molar-refractivity contribution in [1.82, 2.24) is 4.31 Å². The molecule has 4 heteroatoms. The van der Waals surface area contributed by atoms with Gasteiger partial charge in [0.05, 0.1) is 11.4 Å². The average Bonchev–Trinajstić information content (AvgIpc) is 2.47. The summed E-state index contributed by atoms with van der Waals surface area (Å²) in [6, 6.07) is 0. The summed E-state index contributed by atoms with van der Waals surface area (Å²) in [5, 5.41) is 9.56. The first-order valence-corrected chi connectivity index (χ1v) is 8.79. The van der Waals surface area contributed by atoms with Crippen molar-refractivity contribution < 1.29 is 9.32 Å². The normalized spacial score (nSPS) is 33.2. The molecule has 1 saturated heterocycles. The molecule has 0 aromatic heterocycles. The van der Waals surface area contributed by atoms with Gasteiger partial charge < -0.3 is 5.11 Å². The van der Waals surface area contributed by atoms with Crippen molar-refractivity contribution in [2.45, 2.75) is 63.7 Å². The number of piperidine rings is 1. The molecule has 0 radical (unpaired) electrons. The Labute approximate surface area is 119 Å². The summed E-state index contributed by atoms with van der Waals surface area (Å²) in [6.07, 6.45) is 9.82. The lowest BCUT2D eigenvalue weighted by molar-refractivity contribution is 0.144. The highest BCUT2D eigenvalue weighted by molar-refractivity contribution is 7.83. The van der Waals surface area contributed by atoms with Crippen molar-refractivity contribution in [2.75, 3.05) is 13.1 Å². The van der Waals surface area contributed by atoms with Gasteiger partial charge in [-0.05, 0) is 31.1 Å². The molecule has 2 aliphatic rings. The van der Waals surface area contributed by atoms with Gasteiger partial charge in [0, 0.05) is 13.1 Å². The Morgan fingerprint density at radius 2 is 1.84 bits per heavy atom. The summed E-state index contributed by atoms with van der Waals surface area (Å²) >= 11 is 0. The Morgan fingerprint density at radius 3 is 2.32 bits per heavy atom. The van der Waals surface area contributed by atoms with Gasteiger partial charge in [0.2, 0.25) is 0 Å². The molecule has 0 aromatic carbocycles. The second kappa shape index (κ2) is 6.51. The third kappa shape index (κ3) is 3.47. The molecule has 19 heavy (non-hydrogen) atoms. The van der Waals surface area contributed by atoms with Crippen molar-refractivity contribution in [3.05, 3.63) is 12.2 Å². The first-order valence-electron chi connectivity index (χ1n) is 7.62. The van der Waals surface area contributed by atoms with Gasteiger partial charge in [-0.1, -0.05) is 38.8 Å². The van der Waals surface area contributed by atoms with E-state index in [2.05, 4.69) is 18.2 Å². The average molecular weight is 285 g/mol. The van der Waals surface area contributed by atoms with E-state index in [9.17, 15) is 9.32 Å². The van der Waals surface area contributed by atoms with Gasteiger partial charge in [0.25, 0.3) is 0 Å². The van der Waals surface area contributed by atoms with E-state index in [1.54, 1.807) is 6.08 Å². The lowest BCUT2D eigenvalue weighted by atomic mass is 9.75. The molecule has 110 valence electrons. The summed E-state index contributed by atoms with van der Waals surface area (Å²) in [6.45, 7) is 6.48. The van der Waals surface area contributed by atoms with Crippen LogP contribution in [0.4, 0.5) is 0 Å². The first-order chi connectivity index (χ1) is 9.10. The second-order valence-electron chi connectivity index (χ2n) is 5.98. The summed E-state index contributed by atoms with van der Waals surface area (Å²) in [5.41, 5.74) is 0.485. The Kier molecular flexibility index (Phi) is 5.21. The molecule has 1 aliphatic carbocycles. The number of hydrogen-bond acceptors (Lipinski definition) is 2. The van der Waals surface area contributed by atoms with Gasteiger partial charge >= 0.3 is 0 Å². The summed E-state index contributed by atoms with van der Waals surface area (Å²) < 4.78 is 14.7. The van der Waals surface area contributed by atoms with Crippen molar-refractivity contribution in [1.29, 1.82) is 0 Å². The molecular weight excluding hydrogens is 258 g/mol. The summed E-state index contributed by atoms with van der Waals surface area (Å²) in [4.78, 5) is 0. The number of hydrogen-bond donors (Lipinski definition) is 1. The predicted molar refractivity (Wildman–Crippen MR) is 80.1 cm³/mol. The molecule has 1 N–H and O–H groups in total. The lowest BCUT2D eigenvalue weighted by Gasteiger charge is -2.41. The van der Waals surface area contributed by atoms with Crippen LogP contribution in [0.25, 0.3) is 0 Å². The van der Waals surface area contributed by atoms with E-state index in [-0.39, 0.29) is 11.4 Å². The first kappa shape index (κ1) is 15.2. The highest BCUT2D eigenvalue weighted by Crippen LogP contribution is 2.38. The number of aliphatic hydroxyl groups excluding tert-OH is 1. The molecule has 3 unspecified atom stereocenters. The van der Waals surface area contributed by atoms with Crippen LogP contribution in [0.1, 0.15) is 52.4 Å². The topological polar surface area (TPSA) is 40.5 Å². The van der Waals surface area contributed by atoms with E-state index in [1.807, 2.05) is 6.08 Å². The predicted octanol–water partition coefficient (Wildman–Crippen LogP) is 2.63. The highest BCUT2D eigenvalue weighted by atomic mass is 32.2. The standard InChI is InChI=1S/C15H27NO2S/c1-3-15(4-2)9-11-16(12-10-15)19(18)14-7-5-13(17)6-8-14/h5,7,13-14,17H,3-4,6,8-12H2,1-2H3. The third-order valence-electron chi connectivity index (χ3n) is 5.09. The smallest absolute Gasteiger partial charge is 0.101 e. The fraction of sp³-hybridized carbons (Fsp3) is 0.867. The maximum atomic E-state index is 12.6. The van der Waals surface area contributed by atoms with Gasteiger partial charge in [0.1, 0.15) is 11.0 Å². The van der Waals surface area contributed by atoms with Crippen molar-refractivity contribution in [2.24, 2.45) is 5.41 Å². The molecular formula is C15H27NO2S. The Bertz CT molecular complexity index is 342. The molecule has 3 nitrogen and oxygen atoms in total. The lowest BCUT2D eigenvalue weighted by Crippen LogP contribution is -2.43. The summed E-state index contributed by atoms with van der Waals surface area (Å²) in [5.74, 6) is 0. The molecule has 1 fully saturated rings. The minimum atomic E-state index is -0.910. The van der Waals surface area contributed by atoms with E-state index in [0.29, 0.717) is 5.41 Å². The van der Waals surface area contributed by atoms with Crippen LogP contribution in [0.5, 0.6) is 0 Å². The number of nitrogens with zero attached hydrogens (tertiary/aromatic N) is 1. The number of aliphatic hydroxyl groups is 1. The molecule has 0 bridgehead atoms. The quantitative estimate of drug-likeness (QED) is 0.807. The van der Waals surface area contributed by atoms with Gasteiger partial charge in [0.15, 0.2) is 0 Å². The minimum absolute atomic E-state index is 0.110. The molecule has 3 atom stereocenters. The zero-order valence-electron chi connectivity index (χ0n) is 12.2. The number of rotatable bonds is 4. The zero-order chi connectivity index (χ0) is 13.9. The van der Waals surface area contributed by atoms with Gasteiger partial charge in [-0.25, -0.2) is 8.51 Å². The van der Waals surface area contributed by atoms with Crippen LogP contribution in [-0.4, -0.2) is 38.1 Å². The minimum Gasteiger partial charge on any atom is -0.389 e. The van der Waals surface area contributed by atoms with E-state index < -0.39 is 11.0 Å². The molecule has 1 aliphatic heterocycles. The maximum Gasteiger partial charge on any atom is 0.101 e. The summed E-state index contributed by atoms with van der Waals surface area (Å²) in [7, 11) is -0.910. The van der Waals surface area contributed by atoms with Gasteiger partial charge in [-0.15, -0.1) is 0 Å². The van der Waals surface area contributed by atoms with Crippen LogP contribution in [-0.2, 0) is 11.0 Å². The molecule has 1 heterocycles. The molecule has 0 amide bonds. The fourth-order valence-corrected chi connectivity index (χ4v) is 4.73. The van der Waals surface area contributed by atoms with Crippen molar-refractivity contribution in [3.63, 3.8) is 0 Å². The second-order valence-corrected chi connectivity index (χ2v) is 7.65. The van der Waals surface area contributed by atoms with E-state index in [1.165, 1.54) is 25.7 Å². The Balaban J connectivity index is 1.91. The Hall–Kier alpha value is -0.190. The molecule has 0 saturated carbocycles. The highest BCUT2D eigenvalue weighted by Gasteiger charge is 2.34. The van der Waals surface area contributed by atoms with Crippen LogP contribution < -0.4 is 0 Å². The molecule has 0 aromatic rings. The van der Waals surface area contributed by atoms with E-state index >= 15 is 0 Å². The maximum absolute atomic E-state index is 12.6. The van der Waals surface area contributed by atoms with Gasteiger partial charge in [-0.3, -0.25) is 0 Å². The monoisotopic (exact) mass is 285 g/mol. The van der Waals surface area contributed by atoms with E-state index in [0.717, 1.165) is 25.9 Å². The molecule has 0 spiro atoms. The van der Waals surface area contributed by atoms with Crippen LogP contribution >= 0.6 is 0 Å². The van der Waals surface area contributed by atoms with Crippen LogP contribution in [0.15, 0.2) is 12.2 Å². The molecule has 2 rings (SSSR count).